The van der Waals surface area contributed by atoms with E-state index >= 15 is 0 Å². The number of alkyl halides is 1. The van der Waals surface area contributed by atoms with Crippen molar-refractivity contribution >= 4 is 34.2 Å². The van der Waals surface area contributed by atoms with Crippen molar-refractivity contribution in [3.8, 4) is 0 Å². The Morgan fingerprint density at radius 3 is 2.61 bits per heavy atom. The highest BCUT2D eigenvalue weighted by atomic mass is 127. The lowest BCUT2D eigenvalue weighted by molar-refractivity contribution is -0.120. The summed E-state index contributed by atoms with van der Waals surface area (Å²) < 4.78 is 33.9. The van der Waals surface area contributed by atoms with Gasteiger partial charge in [0.1, 0.15) is 11.6 Å². The number of halogens is 3. The summed E-state index contributed by atoms with van der Waals surface area (Å²) in [5, 5.41) is 18.9. The third-order valence-corrected chi connectivity index (χ3v) is 7.46. The minimum atomic E-state index is -1.000. The summed E-state index contributed by atoms with van der Waals surface area (Å²) in [7, 11) is 0. The number of ether oxygens (including phenoxy) is 1. The van der Waals surface area contributed by atoms with E-state index in [9.17, 15) is 18.7 Å². The van der Waals surface area contributed by atoms with Crippen molar-refractivity contribution < 1.29 is 23.4 Å². The van der Waals surface area contributed by atoms with E-state index in [1.807, 2.05) is 36.5 Å². The van der Waals surface area contributed by atoms with E-state index in [0.29, 0.717) is 18.8 Å². The third kappa shape index (κ3) is 5.88. The Labute approximate surface area is 223 Å². The van der Waals surface area contributed by atoms with Crippen LogP contribution in [0.5, 0.6) is 0 Å². The minimum absolute atomic E-state index is 0.0842. The SMILES string of the molecule is CC(=O)NC(Cc1cc(F)cc(F)c1)C(O)CNC1(c2cccc(N(N)/C=C\CI)c2)C2COCC21. The Hall–Kier alpha value is -2.12. The van der Waals surface area contributed by atoms with Crippen molar-refractivity contribution in [2.75, 3.05) is 29.2 Å². The highest BCUT2D eigenvalue weighted by molar-refractivity contribution is 14.1. The molecule has 36 heavy (non-hydrogen) atoms. The van der Waals surface area contributed by atoms with E-state index in [2.05, 4.69) is 33.2 Å². The molecule has 2 aromatic rings. The number of hydrogen-bond donors (Lipinski definition) is 4. The smallest absolute Gasteiger partial charge is 0.217 e. The summed E-state index contributed by atoms with van der Waals surface area (Å²) in [6.07, 6.45) is 2.87. The van der Waals surface area contributed by atoms with Crippen LogP contribution < -0.4 is 21.5 Å². The molecule has 1 aliphatic carbocycles. The fourth-order valence-electron chi connectivity index (χ4n) is 5.25. The summed E-state index contributed by atoms with van der Waals surface area (Å²) in [4.78, 5) is 11.8. The number of amides is 1. The molecule has 0 radical (unpaired) electrons. The van der Waals surface area contributed by atoms with E-state index < -0.39 is 29.3 Å². The second kappa shape index (κ2) is 11.5. The van der Waals surface area contributed by atoms with E-state index in [-0.39, 0.29) is 30.7 Å². The average Bonchev–Trinajstić information content (AvgIpc) is 3.16. The van der Waals surface area contributed by atoms with E-state index in [4.69, 9.17) is 10.6 Å². The topological polar surface area (TPSA) is 99.8 Å². The first kappa shape index (κ1) is 26.9. The maximum absolute atomic E-state index is 13.7. The van der Waals surface area contributed by atoms with Crippen LogP contribution in [0.15, 0.2) is 54.7 Å². The van der Waals surface area contributed by atoms with Gasteiger partial charge in [-0.1, -0.05) is 40.8 Å². The molecule has 0 aromatic heterocycles. The van der Waals surface area contributed by atoms with E-state index in [0.717, 1.165) is 21.7 Å². The number of carbonyl (C=O) groups is 1. The number of hydrogen-bond acceptors (Lipinski definition) is 6. The number of aliphatic hydroxyl groups is 1. The van der Waals surface area contributed by atoms with Crippen molar-refractivity contribution in [1.82, 2.24) is 10.6 Å². The number of nitrogens with one attached hydrogen (secondary N) is 2. The number of benzene rings is 2. The molecule has 10 heteroatoms. The predicted octanol–water partition coefficient (Wildman–Crippen LogP) is 2.76. The van der Waals surface area contributed by atoms with Gasteiger partial charge in [0.2, 0.25) is 5.91 Å². The number of allylic oxidation sites excluding steroid dienone is 1. The molecule has 0 bridgehead atoms. The fourth-order valence-corrected chi connectivity index (χ4v) is 5.48. The molecule has 194 valence electrons. The van der Waals surface area contributed by atoms with Crippen LogP contribution in [0.3, 0.4) is 0 Å². The minimum Gasteiger partial charge on any atom is -0.390 e. The van der Waals surface area contributed by atoms with Crippen molar-refractivity contribution in [1.29, 1.82) is 0 Å². The van der Waals surface area contributed by atoms with Crippen molar-refractivity contribution in [2.45, 2.75) is 31.0 Å². The van der Waals surface area contributed by atoms with Crippen LogP contribution in [-0.4, -0.2) is 47.3 Å². The summed E-state index contributed by atoms with van der Waals surface area (Å²) in [6.45, 7) is 2.73. The Kier molecular flexibility index (Phi) is 8.61. The normalized spacial score (nSPS) is 24.4. The molecule has 1 saturated carbocycles. The van der Waals surface area contributed by atoms with Gasteiger partial charge in [-0.3, -0.25) is 9.80 Å². The lowest BCUT2D eigenvalue weighted by atomic mass is 9.97. The molecule has 4 atom stereocenters. The average molecular weight is 612 g/mol. The Balaban J connectivity index is 1.52. The molecular formula is C26H31F2IN4O3. The first-order valence-corrected chi connectivity index (χ1v) is 13.4. The zero-order chi connectivity index (χ0) is 25.9. The van der Waals surface area contributed by atoms with E-state index in [1.54, 1.807) is 5.01 Å². The van der Waals surface area contributed by atoms with Crippen molar-refractivity contribution in [3.63, 3.8) is 0 Å². The van der Waals surface area contributed by atoms with Crippen LogP contribution in [0.4, 0.5) is 14.5 Å². The molecule has 5 N–H and O–H groups in total. The zero-order valence-electron chi connectivity index (χ0n) is 20.0. The fraction of sp³-hybridized carbons (Fsp3) is 0.423. The zero-order valence-corrected chi connectivity index (χ0v) is 22.1. The number of aliphatic hydroxyl groups excluding tert-OH is 1. The van der Waals surface area contributed by atoms with Crippen LogP contribution >= 0.6 is 22.6 Å². The number of nitrogens with zero attached hydrogens (tertiary/aromatic N) is 1. The number of fused-ring (bicyclic) bond motifs is 1. The summed E-state index contributed by atoms with van der Waals surface area (Å²) in [5.74, 6) is 4.94. The standard InChI is InChI=1S/C26H31F2IN4O3/c1-16(34)32-24(10-17-8-19(27)12-20(28)9-17)25(35)13-31-26(22-14-36-15-23(22)26)18-4-2-5-21(11-18)33(30)7-3-6-29/h2-5,7-9,11-12,22-25,31,35H,6,10,13-15,30H2,1H3,(H,32,34)/b7-3-. The van der Waals surface area contributed by atoms with Crippen LogP contribution in [-0.2, 0) is 21.5 Å². The Morgan fingerprint density at radius 1 is 1.28 bits per heavy atom. The molecule has 2 aliphatic rings. The maximum Gasteiger partial charge on any atom is 0.217 e. The molecule has 2 aromatic carbocycles. The molecule has 1 heterocycles. The summed E-state index contributed by atoms with van der Waals surface area (Å²) in [5.41, 5.74) is 1.85. The molecule has 1 aliphatic heterocycles. The van der Waals surface area contributed by atoms with Crippen LogP contribution in [0.25, 0.3) is 0 Å². The third-order valence-electron chi connectivity index (χ3n) is 6.95. The Bertz CT molecular complexity index is 1090. The molecular weight excluding hydrogens is 581 g/mol. The molecule has 4 unspecified atom stereocenters. The lowest BCUT2D eigenvalue weighted by Gasteiger charge is -2.29. The summed E-state index contributed by atoms with van der Waals surface area (Å²) in [6, 6.07) is 10.4. The van der Waals surface area contributed by atoms with Gasteiger partial charge >= 0.3 is 0 Å². The molecule has 0 spiro atoms. The molecule has 4 rings (SSSR count). The monoisotopic (exact) mass is 612 g/mol. The molecule has 1 saturated heterocycles. The highest BCUT2D eigenvalue weighted by Gasteiger charge is 2.68. The first-order chi connectivity index (χ1) is 17.2. The van der Waals surface area contributed by atoms with Gasteiger partial charge in [0.25, 0.3) is 0 Å². The quantitative estimate of drug-likeness (QED) is 0.135. The van der Waals surface area contributed by atoms with Crippen LogP contribution in [0.2, 0.25) is 0 Å². The van der Waals surface area contributed by atoms with Gasteiger partial charge in [0.05, 0.1) is 36.6 Å². The van der Waals surface area contributed by atoms with Crippen LogP contribution in [0, 0.1) is 23.5 Å². The van der Waals surface area contributed by atoms with Gasteiger partial charge in [0, 0.05) is 42.0 Å². The Morgan fingerprint density at radius 2 is 1.97 bits per heavy atom. The van der Waals surface area contributed by atoms with Gasteiger partial charge in [-0.25, -0.2) is 14.6 Å². The van der Waals surface area contributed by atoms with Gasteiger partial charge in [-0.2, -0.15) is 0 Å². The largest absolute Gasteiger partial charge is 0.390 e. The molecule has 7 nitrogen and oxygen atoms in total. The maximum atomic E-state index is 13.7. The number of nitrogens with two attached hydrogens (primary N) is 1. The number of anilines is 1. The second-order valence-electron chi connectivity index (χ2n) is 9.35. The number of rotatable bonds is 11. The van der Waals surface area contributed by atoms with Gasteiger partial charge in [-0.15, -0.1) is 0 Å². The number of hydrazine groups is 1. The second-order valence-corrected chi connectivity index (χ2v) is 10.2. The van der Waals surface area contributed by atoms with Crippen molar-refractivity contribution in [2.24, 2.45) is 17.7 Å². The van der Waals surface area contributed by atoms with Gasteiger partial charge in [0.15, 0.2) is 0 Å². The van der Waals surface area contributed by atoms with Gasteiger partial charge < -0.3 is 20.5 Å². The number of carbonyl (C=O) groups excluding carboxylic acids is 1. The molecule has 1 amide bonds. The van der Waals surface area contributed by atoms with Crippen molar-refractivity contribution in [3.05, 3.63) is 77.5 Å². The predicted molar refractivity (Wildman–Crippen MR) is 142 cm³/mol. The van der Waals surface area contributed by atoms with E-state index in [1.165, 1.54) is 19.1 Å². The lowest BCUT2D eigenvalue weighted by Crippen LogP contribution is -2.50. The molecule has 2 fully saturated rings. The highest BCUT2D eigenvalue weighted by Crippen LogP contribution is 2.61. The summed E-state index contributed by atoms with van der Waals surface area (Å²) >= 11 is 2.25. The van der Waals surface area contributed by atoms with Gasteiger partial charge in [-0.05, 0) is 41.8 Å². The first-order valence-electron chi connectivity index (χ1n) is 11.8. The van der Waals surface area contributed by atoms with Crippen LogP contribution in [0.1, 0.15) is 18.1 Å².